The standard InChI is InChI=1S/C11H11BrF3NO2/c1-18-10(17)7-2-3-8(9(12)4-7)5-16-6-11(13,14)15/h2-4,16H,5-6H2,1H3. The summed E-state index contributed by atoms with van der Waals surface area (Å²) in [7, 11) is 1.26. The van der Waals surface area contributed by atoms with Crippen LogP contribution in [0.3, 0.4) is 0 Å². The highest BCUT2D eigenvalue weighted by Crippen LogP contribution is 2.20. The molecule has 0 aliphatic carbocycles. The molecule has 7 heteroatoms. The SMILES string of the molecule is COC(=O)c1ccc(CNCC(F)(F)F)c(Br)c1. The monoisotopic (exact) mass is 325 g/mol. The van der Waals surface area contributed by atoms with Crippen LogP contribution in [0.25, 0.3) is 0 Å². The highest BCUT2D eigenvalue weighted by molar-refractivity contribution is 9.10. The van der Waals surface area contributed by atoms with Crippen molar-refractivity contribution >= 4 is 21.9 Å². The molecule has 0 aromatic heterocycles. The summed E-state index contributed by atoms with van der Waals surface area (Å²) < 4.78 is 40.9. The van der Waals surface area contributed by atoms with E-state index in [1.807, 2.05) is 0 Å². The van der Waals surface area contributed by atoms with Crippen molar-refractivity contribution in [2.75, 3.05) is 13.7 Å². The highest BCUT2D eigenvalue weighted by atomic mass is 79.9. The van der Waals surface area contributed by atoms with Gasteiger partial charge in [-0.25, -0.2) is 4.79 Å². The van der Waals surface area contributed by atoms with E-state index >= 15 is 0 Å². The molecule has 3 nitrogen and oxygen atoms in total. The summed E-state index contributed by atoms with van der Waals surface area (Å²) in [5.74, 6) is -0.495. The van der Waals surface area contributed by atoms with E-state index < -0.39 is 18.7 Å². The van der Waals surface area contributed by atoms with Gasteiger partial charge in [-0.15, -0.1) is 0 Å². The summed E-state index contributed by atoms with van der Waals surface area (Å²) in [6, 6.07) is 4.58. The zero-order valence-electron chi connectivity index (χ0n) is 9.47. The number of carbonyl (C=O) groups excluding carboxylic acids is 1. The van der Waals surface area contributed by atoms with Crippen LogP contribution in [-0.4, -0.2) is 25.8 Å². The fourth-order valence-electron chi connectivity index (χ4n) is 1.27. The lowest BCUT2D eigenvalue weighted by molar-refractivity contribution is -0.125. The van der Waals surface area contributed by atoms with Crippen molar-refractivity contribution in [2.24, 2.45) is 0 Å². The minimum absolute atomic E-state index is 0.0571. The Bertz CT molecular complexity index is 435. The van der Waals surface area contributed by atoms with Gasteiger partial charge >= 0.3 is 12.1 Å². The second kappa shape index (κ2) is 6.19. The smallest absolute Gasteiger partial charge is 0.401 e. The Morgan fingerprint density at radius 3 is 2.61 bits per heavy atom. The van der Waals surface area contributed by atoms with Crippen molar-refractivity contribution in [3.05, 3.63) is 33.8 Å². The van der Waals surface area contributed by atoms with Gasteiger partial charge in [0.15, 0.2) is 0 Å². The largest absolute Gasteiger partial charge is 0.465 e. The van der Waals surface area contributed by atoms with Gasteiger partial charge in [0.05, 0.1) is 19.2 Å². The number of nitrogens with one attached hydrogen (secondary N) is 1. The lowest BCUT2D eigenvalue weighted by atomic mass is 10.1. The van der Waals surface area contributed by atoms with Crippen LogP contribution in [0.1, 0.15) is 15.9 Å². The Morgan fingerprint density at radius 1 is 1.44 bits per heavy atom. The van der Waals surface area contributed by atoms with E-state index in [0.717, 1.165) is 0 Å². The fraction of sp³-hybridized carbons (Fsp3) is 0.364. The van der Waals surface area contributed by atoms with Gasteiger partial charge in [-0.1, -0.05) is 22.0 Å². The number of hydrogen-bond acceptors (Lipinski definition) is 3. The maximum atomic E-state index is 11.9. The topological polar surface area (TPSA) is 38.3 Å². The van der Waals surface area contributed by atoms with Crippen molar-refractivity contribution in [2.45, 2.75) is 12.7 Å². The molecule has 0 aliphatic heterocycles. The van der Waals surface area contributed by atoms with Gasteiger partial charge in [-0.2, -0.15) is 13.2 Å². The van der Waals surface area contributed by atoms with E-state index in [-0.39, 0.29) is 6.54 Å². The number of alkyl halides is 3. The molecule has 0 saturated carbocycles. The molecule has 1 aromatic carbocycles. The quantitative estimate of drug-likeness (QED) is 0.865. The van der Waals surface area contributed by atoms with Crippen LogP contribution in [0.5, 0.6) is 0 Å². The van der Waals surface area contributed by atoms with Crippen LogP contribution in [0.4, 0.5) is 13.2 Å². The summed E-state index contributed by atoms with van der Waals surface area (Å²) in [6.07, 6.45) is -4.24. The Kier molecular flexibility index (Phi) is 5.15. The average molecular weight is 326 g/mol. The molecule has 0 unspecified atom stereocenters. The predicted molar refractivity (Wildman–Crippen MR) is 63.2 cm³/mol. The first-order valence-electron chi connectivity index (χ1n) is 4.97. The van der Waals surface area contributed by atoms with Gasteiger partial charge in [0, 0.05) is 11.0 Å². The molecule has 0 atom stereocenters. The van der Waals surface area contributed by atoms with Crippen molar-refractivity contribution in [3.8, 4) is 0 Å². The van der Waals surface area contributed by atoms with E-state index in [9.17, 15) is 18.0 Å². The molecular formula is C11H11BrF3NO2. The normalized spacial score (nSPS) is 11.4. The number of rotatable bonds is 4. The van der Waals surface area contributed by atoms with Crippen molar-refractivity contribution in [1.29, 1.82) is 0 Å². The lowest BCUT2D eigenvalue weighted by Gasteiger charge is -2.10. The molecule has 0 bridgehead atoms. The predicted octanol–water partition coefficient (Wildman–Crippen LogP) is 2.89. The molecule has 1 rings (SSSR count). The molecule has 1 N–H and O–H groups in total. The lowest BCUT2D eigenvalue weighted by Crippen LogP contribution is -2.28. The Balaban J connectivity index is 2.66. The molecule has 0 aliphatic rings. The molecule has 0 saturated heterocycles. The zero-order chi connectivity index (χ0) is 13.8. The van der Waals surface area contributed by atoms with Gasteiger partial charge in [0.25, 0.3) is 0 Å². The highest BCUT2D eigenvalue weighted by Gasteiger charge is 2.26. The fourth-order valence-corrected chi connectivity index (χ4v) is 1.79. The maximum Gasteiger partial charge on any atom is 0.401 e. The minimum Gasteiger partial charge on any atom is -0.465 e. The van der Waals surface area contributed by atoms with Crippen molar-refractivity contribution in [3.63, 3.8) is 0 Å². The third-order valence-electron chi connectivity index (χ3n) is 2.12. The van der Waals surface area contributed by atoms with Crippen LogP contribution in [0.15, 0.2) is 22.7 Å². The van der Waals surface area contributed by atoms with Crippen LogP contribution < -0.4 is 5.32 Å². The molecule has 0 radical (unpaired) electrons. The molecule has 1 aromatic rings. The third-order valence-corrected chi connectivity index (χ3v) is 2.85. The summed E-state index contributed by atoms with van der Waals surface area (Å²) in [4.78, 5) is 11.2. The molecule has 0 amide bonds. The van der Waals surface area contributed by atoms with Gasteiger partial charge < -0.3 is 10.1 Å². The number of hydrogen-bond donors (Lipinski definition) is 1. The van der Waals surface area contributed by atoms with E-state index in [2.05, 4.69) is 26.0 Å². The number of ether oxygens (including phenoxy) is 1. The molecule has 18 heavy (non-hydrogen) atoms. The first-order valence-corrected chi connectivity index (χ1v) is 5.77. The first-order chi connectivity index (χ1) is 8.33. The van der Waals surface area contributed by atoms with Gasteiger partial charge in [-0.05, 0) is 17.7 Å². The Labute approximate surface area is 110 Å². The van der Waals surface area contributed by atoms with E-state index in [0.29, 0.717) is 15.6 Å². The summed E-state index contributed by atoms with van der Waals surface area (Å²) in [5.41, 5.74) is 0.968. The van der Waals surface area contributed by atoms with Gasteiger partial charge in [-0.3, -0.25) is 0 Å². The molecule has 0 heterocycles. The Morgan fingerprint density at radius 2 is 2.11 bits per heavy atom. The molecule has 0 spiro atoms. The zero-order valence-corrected chi connectivity index (χ0v) is 11.1. The molecule has 0 fully saturated rings. The van der Waals surface area contributed by atoms with Crippen molar-refractivity contribution < 1.29 is 22.7 Å². The minimum atomic E-state index is -4.24. The van der Waals surface area contributed by atoms with Crippen LogP contribution in [-0.2, 0) is 11.3 Å². The third kappa shape index (κ3) is 4.66. The molecule has 100 valence electrons. The maximum absolute atomic E-state index is 11.9. The van der Waals surface area contributed by atoms with E-state index in [1.54, 1.807) is 6.07 Å². The number of esters is 1. The number of benzene rings is 1. The Hall–Kier alpha value is -1.08. The van der Waals surface area contributed by atoms with E-state index in [4.69, 9.17) is 0 Å². The van der Waals surface area contributed by atoms with Crippen LogP contribution in [0, 0.1) is 0 Å². The summed E-state index contributed by atoms with van der Waals surface area (Å²) in [6.45, 7) is -1.00. The first kappa shape index (κ1) is 15.0. The number of halogens is 4. The summed E-state index contributed by atoms with van der Waals surface area (Å²) in [5, 5.41) is 2.27. The summed E-state index contributed by atoms with van der Waals surface area (Å²) >= 11 is 3.20. The number of carbonyl (C=O) groups is 1. The molecular weight excluding hydrogens is 315 g/mol. The van der Waals surface area contributed by atoms with Crippen LogP contribution >= 0.6 is 15.9 Å². The second-order valence-electron chi connectivity index (χ2n) is 3.52. The average Bonchev–Trinajstić information content (AvgIpc) is 2.28. The van der Waals surface area contributed by atoms with Gasteiger partial charge in [0.1, 0.15) is 0 Å². The van der Waals surface area contributed by atoms with Gasteiger partial charge in [0.2, 0.25) is 0 Å². The number of methoxy groups -OCH3 is 1. The van der Waals surface area contributed by atoms with Crippen LogP contribution in [0.2, 0.25) is 0 Å². The van der Waals surface area contributed by atoms with E-state index in [1.165, 1.54) is 19.2 Å². The second-order valence-corrected chi connectivity index (χ2v) is 4.37. The van der Waals surface area contributed by atoms with Crippen molar-refractivity contribution in [1.82, 2.24) is 5.32 Å².